The lowest BCUT2D eigenvalue weighted by molar-refractivity contribution is -0.128. The van der Waals surface area contributed by atoms with Gasteiger partial charge in [-0.3, -0.25) is 4.79 Å². The van der Waals surface area contributed by atoms with E-state index in [-0.39, 0.29) is 29.9 Å². The number of rotatable bonds is 9. The average Bonchev–Trinajstić information content (AvgIpc) is 3.16. The first kappa shape index (κ1) is 25.5. The highest BCUT2D eigenvalue weighted by molar-refractivity contribution is 14.0. The quantitative estimate of drug-likeness (QED) is 0.206. The van der Waals surface area contributed by atoms with Gasteiger partial charge in [0.1, 0.15) is 0 Å². The lowest BCUT2D eigenvalue weighted by Gasteiger charge is -2.18. The summed E-state index contributed by atoms with van der Waals surface area (Å²) >= 11 is 1.86. The van der Waals surface area contributed by atoms with Crippen LogP contribution in [0.25, 0.3) is 0 Å². The molecule has 0 aliphatic carbocycles. The van der Waals surface area contributed by atoms with Gasteiger partial charge in [0.25, 0.3) is 0 Å². The monoisotopic (exact) mass is 552 g/mol. The van der Waals surface area contributed by atoms with Crippen LogP contribution in [0.5, 0.6) is 0 Å². The Morgan fingerprint density at radius 3 is 2.48 bits per heavy atom. The van der Waals surface area contributed by atoms with E-state index in [0.29, 0.717) is 24.8 Å². The fourth-order valence-corrected chi connectivity index (χ4v) is 4.41. The number of benzene rings is 2. The molecule has 3 rings (SSSR count). The second-order valence-corrected chi connectivity index (χ2v) is 9.02. The Kier molecular flexibility index (Phi) is 11.2. The molecule has 0 spiro atoms. The highest BCUT2D eigenvalue weighted by Gasteiger charge is 2.20. The van der Waals surface area contributed by atoms with Crippen molar-refractivity contribution >= 4 is 47.6 Å². The van der Waals surface area contributed by atoms with Gasteiger partial charge in [-0.05, 0) is 36.6 Å². The molecule has 7 heteroatoms. The van der Waals surface area contributed by atoms with Crippen LogP contribution in [-0.4, -0.2) is 41.7 Å². The number of nitrogens with zero attached hydrogens (tertiary/aromatic N) is 2. The first-order chi connectivity index (χ1) is 14.7. The van der Waals surface area contributed by atoms with Gasteiger partial charge in [-0.25, -0.2) is 4.99 Å². The Labute approximate surface area is 207 Å². The SMILES string of the molecule is CCNC(=NCc1ccccc1CN1CCCC1=O)NCC(C)Sc1ccccc1.I. The summed E-state index contributed by atoms with van der Waals surface area (Å²) < 4.78 is 0. The minimum atomic E-state index is 0. The van der Waals surface area contributed by atoms with E-state index in [1.165, 1.54) is 16.0 Å². The summed E-state index contributed by atoms with van der Waals surface area (Å²) in [7, 11) is 0. The standard InChI is InChI=1S/C24H32N4OS.HI/c1-3-25-24(26-16-19(2)30-22-12-5-4-6-13-22)27-17-20-10-7-8-11-21(20)18-28-15-9-14-23(28)29;/h4-8,10-13,19H,3,9,14-18H2,1-2H3,(H2,25,26,27);1H. The van der Waals surface area contributed by atoms with Crippen LogP contribution in [0.15, 0.2) is 64.5 Å². The lowest BCUT2D eigenvalue weighted by atomic mass is 10.1. The molecule has 1 saturated heterocycles. The van der Waals surface area contributed by atoms with E-state index < -0.39 is 0 Å². The average molecular weight is 553 g/mol. The predicted molar refractivity (Wildman–Crippen MR) is 141 cm³/mol. The molecule has 0 bridgehead atoms. The maximum atomic E-state index is 12.0. The lowest BCUT2D eigenvalue weighted by Crippen LogP contribution is -2.40. The smallest absolute Gasteiger partial charge is 0.222 e. The zero-order valence-corrected chi connectivity index (χ0v) is 21.5. The summed E-state index contributed by atoms with van der Waals surface area (Å²) in [5.41, 5.74) is 2.35. The summed E-state index contributed by atoms with van der Waals surface area (Å²) in [6.07, 6.45) is 1.64. The van der Waals surface area contributed by atoms with Crippen LogP contribution in [-0.2, 0) is 17.9 Å². The molecule has 2 aromatic carbocycles. The largest absolute Gasteiger partial charge is 0.357 e. The third-order valence-corrected chi connectivity index (χ3v) is 6.15. The van der Waals surface area contributed by atoms with Crippen LogP contribution in [0.2, 0.25) is 0 Å². The minimum absolute atomic E-state index is 0. The van der Waals surface area contributed by atoms with E-state index in [9.17, 15) is 4.79 Å². The van der Waals surface area contributed by atoms with Crippen molar-refractivity contribution in [1.29, 1.82) is 0 Å². The first-order valence-electron chi connectivity index (χ1n) is 10.7. The first-order valence-corrected chi connectivity index (χ1v) is 11.6. The molecule has 2 N–H and O–H groups in total. The number of aliphatic imine (C=N–C) groups is 1. The van der Waals surface area contributed by atoms with E-state index in [4.69, 9.17) is 4.99 Å². The molecule has 1 aliphatic rings. The molecule has 5 nitrogen and oxygen atoms in total. The second kappa shape index (κ2) is 13.6. The van der Waals surface area contributed by atoms with E-state index in [0.717, 1.165) is 32.0 Å². The van der Waals surface area contributed by atoms with Crippen LogP contribution in [0.4, 0.5) is 0 Å². The molecule has 1 atom stereocenters. The van der Waals surface area contributed by atoms with Crippen molar-refractivity contribution in [3.63, 3.8) is 0 Å². The normalized spacial score (nSPS) is 14.8. The Balaban J connectivity index is 0.00000341. The van der Waals surface area contributed by atoms with Crippen molar-refractivity contribution < 1.29 is 4.79 Å². The molecule has 1 amide bonds. The van der Waals surface area contributed by atoms with Gasteiger partial charge < -0.3 is 15.5 Å². The molecule has 0 aromatic heterocycles. The van der Waals surface area contributed by atoms with E-state index in [1.54, 1.807) is 0 Å². The number of hydrogen-bond acceptors (Lipinski definition) is 3. The van der Waals surface area contributed by atoms with E-state index in [1.807, 2.05) is 34.9 Å². The highest BCUT2D eigenvalue weighted by atomic mass is 127. The van der Waals surface area contributed by atoms with Gasteiger partial charge in [0.2, 0.25) is 5.91 Å². The second-order valence-electron chi connectivity index (χ2n) is 7.51. The van der Waals surface area contributed by atoms with Gasteiger partial charge in [0.05, 0.1) is 6.54 Å². The Morgan fingerprint density at radius 2 is 1.81 bits per heavy atom. The van der Waals surface area contributed by atoms with Gasteiger partial charge in [-0.2, -0.15) is 0 Å². The molecule has 31 heavy (non-hydrogen) atoms. The third-order valence-electron chi connectivity index (χ3n) is 5.04. The van der Waals surface area contributed by atoms with Crippen LogP contribution in [0.3, 0.4) is 0 Å². The summed E-state index contributed by atoms with van der Waals surface area (Å²) in [5, 5.41) is 7.22. The van der Waals surface area contributed by atoms with Crippen LogP contribution in [0, 0.1) is 0 Å². The summed E-state index contributed by atoms with van der Waals surface area (Å²) in [5.74, 6) is 1.08. The summed E-state index contributed by atoms with van der Waals surface area (Å²) in [6, 6.07) is 18.8. The van der Waals surface area contributed by atoms with E-state index in [2.05, 4.69) is 60.9 Å². The third kappa shape index (κ3) is 8.37. The number of carbonyl (C=O) groups is 1. The van der Waals surface area contributed by atoms with Gasteiger partial charge in [-0.1, -0.05) is 49.4 Å². The number of thioether (sulfide) groups is 1. The number of nitrogens with one attached hydrogen (secondary N) is 2. The van der Waals surface area contributed by atoms with Crippen LogP contribution < -0.4 is 10.6 Å². The maximum Gasteiger partial charge on any atom is 0.222 e. The number of likely N-dealkylation sites (tertiary alicyclic amines) is 1. The number of halogens is 1. The summed E-state index contributed by atoms with van der Waals surface area (Å²) in [6.45, 7) is 8.07. The fraction of sp³-hybridized carbons (Fsp3) is 0.417. The van der Waals surface area contributed by atoms with Crippen molar-refractivity contribution in [2.45, 2.75) is 49.9 Å². The fourth-order valence-electron chi connectivity index (χ4n) is 3.46. The molecule has 0 radical (unpaired) electrons. The zero-order chi connectivity index (χ0) is 21.2. The Bertz CT molecular complexity index is 846. The molecule has 1 unspecified atom stereocenters. The number of hydrogen-bond donors (Lipinski definition) is 2. The molecular weight excluding hydrogens is 519 g/mol. The van der Waals surface area contributed by atoms with Crippen LogP contribution in [0.1, 0.15) is 37.8 Å². The molecule has 0 saturated carbocycles. The summed E-state index contributed by atoms with van der Waals surface area (Å²) in [4.78, 5) is 20.0. The number of carbonyl (C=O) groups excluding carboxylic acids is 1. The molecule has 1 heterocycles. The predicted octanol–water partition coefficient (Wildman–Crippen LogP) is 4.66. The topological polar surface area (TPSA) is 56.7 Å². The number of amides is 1. The molecule has 168 valence electrons. The maximum absolute atomic E-state index is 12.0. The molecule has 1 fully saturated rings. The highest BCUT2D eigenvalue weighted by Crippen LogP contribution is 2.22. The van der Waals surface area contributed by atoms with Gasteiger partial charge in [0, 0.05) is 42.7 Å². The van der Waals surface area contributed by atoms with Crippen molar-refractivity contribution in [3.8, 4) is 0 Å². The van der Waals surface area contributed by atoms with Crippen molar-refractivity contribution in [2.75, 3.05) is 19.6 Å². The van der Waals surface area contributed by atoms with Gasteiger partial charge in [0.15, 0.2) is 5.96 Å². The van der Waals surface area contributed by atoms with E-state index >= 15 is 0 Å². The molecule has 2 aromatic rings. The Morgan fingerprint density at radius 1 is 1.10 bits per heavy atom. The van der Waals surface area contributed by atoms with Crippen LogP contribution >= 0.6 is 35.7 Å². The zero-order valence-electron chi connectivity index (χ0n) is 18.3. The minimum Gasteiger partial charge on any atom is -0.357 e. The van der Waals surface area contributed by atoms with Crippen molar-refractivity contribution in [2.24, 2.45) is 4.99 Å². The van der Waals surface area contributed by atoms with Crippen molar-refractivity contribution in [1.82, 2.24) is 15.5 Å². The van der Waals surface area contributed by atoms with Crippen molar-refractivity contribution in [3.05, 3.63) is 65.7 Å². The Hall–Kier alpha value is -1.74. The number of guanidine groups is 1. The van der Waals surface area contributed by atoms with Gasteiger partial charge in [-0.15, -0.1) is 35.7 Å². The molecule has 1 aliphatic heterocycles. The van der Waals surface area contributed by atoms with Gasteiger partial charge >= 0.3 is 0 Å². The molecular formula is C24H33IN4OS.